The topological polar surface area (TPSA) is 58.6 Å². The van der Waals surface area contributed by atoms with Crippen molar-refractivity contribution in [2.24, 2.45) is 0 Å². The highest BCUT2D eigenvalue weighted by Gasteiger charge is 2.15. The monoisotopic (exact) mass is 291 g/mol. The molecule has 21 heavy (non-hydrogen) atoms. The Kier molecular flexibility index (Phi) is 5.11. The summed E-state index contributed by atoms with van der Waals surface area (Å²) >= 11 is 0. The average Bonchev–Trinajstić information content (AvgIpc) is 2.54. The number of methoxy groups -OCH3 is 1. The highest BCUT2D eigenvalue weighted by Crippen LogP contribution is 2.28. The Balaban J connectivity index is 2.35. The van der Waals surface area contributed by atoms with Crippen molar-refractivity contribution in [1.82, 2.24) is 5.32 Å². The van der Waals surface area contributed by atoms with Crippen molar-refractivity contribution in [3.05, 3.63) is 42.0 Å². The Labute approximate surface area is 122 Å². The van der Waals surface area contributed by atoms with Gasteiger partial charge in [-0.25, -0.2) is 4.39 Å². The van der Waals surface area contributed by atoms with Crippen LogP contribution in [0.25, 0.3) is 10.8 Å². The molecular formula is C16H18FNO3. The zero-order valence-corrected chi connectivity index (χ0v) is 11.8. The van der Waals surface area contributed by atoms with Gasteiger partial charge in [0.15, 0.2) is 6.67 Å². The first kappa shape index (κ1) is 15.3. The lowest BCUT2D eigenvalue weighted by Gasteiger charge is -2.18. The van der Waals surface area contributed by atoms with Gasteiger partial charge in [0.25, 0.3) is 5.91 Å². The summed E-state index contributed by atoms with van der Waals surface area (Å²) < 4.78 is 17.4. The molecule has 0 heterocycles. The molecule has 0 bridgehead atoms. The van der Waals surface area contributed by atoms with E-state index in [1.54, 1.807) is 7.11 Å². The van der Waals surface area contributed by atoms with E-state index in [4.69, 9.17) is 4.74 Å². The van der Waals surface area contributed by atoms with E-state index in [-0.39, 0.29) is 19.1 Å². The number of carbonyl (C=O) groups is 1. The Bertz CT molecular complexity index is 630. The molecule has 1 amide bonds. The SMILES string of the molecule is COc1ccc2cccc([C@@H](CO)CNC(=O)CF)c2c1. The normalized spacial score (nSPS) is 12.1. The van der Waals surface area contributed by atoms with Gasteiger partial charge in [-0.3, -0.25) is 4.79 Å². The fourth-order valence-corrected chi connectivity index (χ4v) is 2.32. The summed E-state index contributed by atoms with van der Waals surface area (Å²) in [6.45, 7) is -1.00. The minimum atomic E-state index is -1.05. The molecule has 5 heteroatoms. The van der Waals surface area contributed by atoms with Gasteiger partial charge in [0.05, 0.1) is 13.7 Å². The van der Waals surface area contributed by atoms with Gasteiger partial charge in [0.2, 0.25) is 0 Å². The van der Waals surface area contributed by atoms with E-state index in [0.717, 1.165) is 22.1 Å². The summed E-state index contributed by atoms with van der Waals surface area (Å²) in [5, 5.41) is 14.0. The number of alkyl halides is 1. The summed E-state index contributed by atoms with van der Waals surface area (Å²) in [4.78, 5) is 11.0. The lowest BCUT2D eigenvalue weighted by molar-refractivity contribution is -0.122. The lowest BCUT2D eigenvalue weighted by atomic mass is 9.93. The van der Waals surface area contributed by atoms with Crippen LogP contribution in [0.4, 0.5) is 4.39 Å². The molecule has 0 saturated carbocycles. The number of rotatable bonds is 6. The van der Waals surface area contributed by atoms with Gasteiger partial charge < -0.3 is 15.2 Å². The molecule has 0 aromatic heterocycles. The third kappa shape index (κ3) is 3.49. The standard InChI is InChI=1S/C16H18FNO3/c1-21-13-6-5-11-3-2-4-14(15(11)7-13)12(10-19)9-18-16(20)8-17/h2-7,12,19H,8-10H2,1H3,(H,18,20)/t12-/m1/s1. The van der Waals surface area contributed by atoms with Crippen LogP contribution >= 0.6 is 0 Å². The molecule has 0 aliphatic rings. The Hall–Kier alpha value is -2.14. The van der Waals surface area contributed by atoms with Crippen LogP contribution in [0, 0.1) is 0 Å². The maximum Gasteiger partial charge on any atom is 0.251 e. The number of fused-ring (bicyclic) bond motifs is 1. The summed E-state index contributed by atoms with van der Waals surface area (Å²) in [6.07, 6.45) is 0. The van der Waals surface area contributed by atoms with Crippen LogP contribution in [0.2, 0.25) is 0 Å². The molecule has 0 fully saturated rings. The molecule has 0 aliphatic heterocycles. The van der Waals surface area contributed by atoms with Gasteiger partial charge in [-0.15, -0.1) is 0 Å². The molecule has 0 spiro atoms. The quantitative estimate of drug-likeness (QED) is 0.856. The average molecular weight is 291 g/mol. The Morgan fingerprint density at radius 1 is 1.38 bits per heavy atom. The van der Waals surface area contributed by atoms with Crippen molar-refractivity contribution in [3.63, 3.8) is 0 Å². The Morgan fingerprint density at radius 3 is 2.86 bits per heavy atom. The first-order valence-corrected chi connectivity index (χ1v) is 6.69. The molecule has 0 saturated heterocycles. The number of amides is 1. The van der Waals surface area contributed by atoms with E-state index in [0.29, 0.717) is 0 Å². The van der Waals surface area contributed by atoms with Crippen molar-refractivity contribution in [2.75, 3.05) is 26.9 Å². The second-order valence-corrected chi connectivity index (χ2v) is 4.75. The molecule has 0 aliphatic carbocycles. The molecular weight excluding hydrogens is 273 g/mol. The smallest absolute Gasteiger partial charge is 0.251 e. The minimum absolute atomic E-state index is 0.136. The highest BCUT2D eigenvalue weighted by atomic mass is 19.1. The molecule has 2 aromatic carbocycles. The van der Waals surface area contributed by atoms with Crippen LogP contribution in [0.1, 0.15) is 11.5 Å². The van der Waals surface area contributed by atoms with Gasteiger partial charge >= 0.3 is 0 Å². The van der Waals surface area contributed by atoms with Crippen LogP contribution in [-0.2, 0) is 4.79 Å². The molecule has 0 unspecified atom stereocenters. The second kappa shape index (κ2) is 7.04. The molecule has 2 rings (SSSR count). The summed E-state index contributed by atoms with van der Waals surface area (Å²) in [7, 11) is 1.59. The van der Waals surface area contributed by atoms with E-state index in [1.807, 2.05) is 36.4 Å². The zero-order chi connectivity index (χ0) is 15.2. The first-order valence-electron chi connectivity index (χ1n) is 6.69. The summed E-state index contributed by atoms with van der Waals surface area (Å²) in [5.74, 6) is -0.248. The van der Waals surface area contributed by atoms with Crippen molar-refractivity contribution >= 4 is 16.7 Å². The van der Waals surface area contributed by atoms with Gasteiger partial charge in [-0.2, -0.15) is 0 Å². The number of carbonyl (C=O) groups excluding carboxylic acids is 1. The number of benzene rings is 2. The number of halogens is 1. The van der Waals surface area contributed by atoms with Crippen LogP contribution < -0.4 is 10.1 Å². The van der Waals surface area contributed by atoms with Gasteiger partial charge in [-0.1, -0.05) is 24.3 Å². The number of aliphatic hydroxyl groups is 1. The van der Waals surface area contributed by atoms with E-state index in [2.05, 4.69) is 5.32 Å². The van der Waals surface area contributed by atoms with Crippen LogP contribution in [0.15, 0.2) is 36.4 Å². The van der Waals surface area contributed by atoms with E-state index in [1.165, 1.54) is 0 Å². The number of ether oxygens (including phenoxy) is 1. The fraction of sp³-hybridized carbons (Fsp3) is 0.312. The fourth-order valence-electron chi connectivity index (χ4n) is 2.32. The third-order valence-corrected chi connectivity index (χ3v) is 3.45. The first-order chi connectivity index (χ1) is 10.2. The van der Waals surface area contributed by atoms with Crippen molar-refractivity contribution in [2.45, 2.75) is 5.92 Å². The maximum absolute atomic E-state index is 12.2. The van der Waals surface area contributed by atoms with Crippen molar-refractivity contribution in [3.8, 4) is 5.75 Å². The third-order valence-electron chi connectivity index (χ3n) is 3.45. The molecule has 112 valence electrons. The highest BCUT2D eigenvalue weighted by molar-refractivity contribution is 5.87. The predicted molar refractivity (Wildman–Crippen MR) is 79.3 cm³/mol. The number of aliphatic hydroxyl groups excluding tert-OH is 1. The Morgan fingerprint density at radius 2 is 2.19 bits per heavy atom. The van der Waals surface area contributed by atoms with E-state index in [9.17, 15) is 14.3 Å². The van der Waals surface area contributed by atoms with Crippen molar-refractivity contribution < 1.29 is 19.0 Å². The molecule has 4 nitrogen and oxygen atoms in total. The number of nitrogens with one attached hydrogen (secondary N) is 1. The number of hydrogen-bond donors (Lipinski definition) is 2. The van der Waals surface area contributed by atoms with Crippen molar-refractivity contribution in [1.29, 1.82) is 0 Å². The van der Waals surface area contributed by atoms with Gasteiger partial charge in [0, 0.05) is 12.5 Å². The largest absolute Gasteiger partial charge is 0.497 e. The van der Waals surface area contributed by atoms with Crippen LogP contribution in [0.5, 0.6) is 5.75 Å². The predicted octanol–water partition coefficient (Wildman–Crippen LogP) is 2.01. The summed E-state index contributed by atoms with van der Waals surface area (Å²) in [6, 6.07) is 11.4. The molecule has 2 N–H and O–H groups in total. The lowest BCUT2D eigenvalue weighted by Crippen LogP contribution is -2.30. The molecule has 0 radical (unpaired) electrons. The van der Waals surface area contributed by atoms with E-state index >= 15 is 0 Å². The van der Waals surface area contributed by atoms with Gasteiger partial charge in [0.1, 0.15) is 5.75 Å². The van der Waals surface area contributed by atoms with E-state index < -0.39 is 12.6 Å². The summed E-state index contributed by atoms with van der Waals surface area (Å²) in [5.41, 5.74) is 0.896. The zero-order valence-electron chi connectivity index (χ0n) is 11.8. The minimum Gasteiger partial charge on any atom is -0.497 e. The van der Waals surface area contributed by atoms with Crippen LogP contribution in [0.3, 0.4) is 0 Å². The maximum atomic E-state index is 12.2. The molecule has 1 atom stereocenters. The van der Waals surface area contributed by atoms with Gasteiger partial charge in [-0.05, 0) is 28.5 Å². The second-order valence-electron chi connectivity index (χ2n) is 4.75. The molecule has 2 aromatic rings. The number of hydrogen-bond acceptors (Lipinski definition) is 3. The van der Waals surface area contributed by atoms with Crippen LogP contribution in [-0.4, -0.2) is 37.9 Å².